The lowest BCUT2D eigenvalue weighted by Gasteiger charge is -2.14. The largest absolute Gasteiger partial charge is 0.284 e. The van der Waals surface area contributed by atoms with Crippen LogP contribution in [-0.2, 0) is 0 Å². The van der Waals surface area contributed by atoms with Crippen molar-refractivity contribution < 1.29 is 9.59 Å². The Morgan fingerprint density at radius 1 is 1.04 bits per heavy atom. The lowest BCUT2D eigenvalue weighted by atomic mass is 10.2. The molecule has 114 valence electrons. The van der Waals surface area contributed by atoms with Gasteiger partial charge in [-0.15, -0.1) is 0 Å². The van der Waals surface area contributed by atoms with Crippen molar-refractivity contribution in [3.63, 3.8) is 0 Å². The van der Waals surface area contributed by atoms with Crippen LogP contribution in [0.15, 0.2) is 35.1 Å². The number of amides is 2. The van der Waals surface area contributed by atoms with Crippen LogP contribution in [0.5, 0.6) is 0 Å². The molecule has 3 aromatic rings. The van der Waals surface area contributed by atoms with E-state index in [4.69, 9.17) is 0 Å². The maximum Gasteiger partial charge on any atom is 0.284 e. The molecule has 0 bridgehead atoms. The molecule has 2 aromatic heterocycles. The van der Waals surface area contributed by atoms with Crippen LogP contribution < -0.4 is 10.5 Å². The Kier molecular flexibility index (Phi) is 2.76. The van der Waals surface area contributed by atoms with Crippen molar-refractivity contribution in [3.05, 3.63) is 62.5 Å². The lowest BCUT2D eigenvalue weighted by Crippen LogP contribution is -2.31. The molecular weight excluding hydrogens is 314 g/mol. The quantitative estimate of drug-likeness (QED) is 0.643. The summed E-state index contributed by atoms with van der Waals surface area (Å²) in [5.41, 5.74) is 1.76. The van der Waals surface area contributed by atoms with Gasteiger partial charge < -0.3 is 0 Å². The van der Waals surface area contributed by atoms with Crippen LogP contribution in [0.2, 0.25) is 0 Å². The Morgan fingerprint density at radius 2 is 1.83 bits per heavy atom. The van der Waals surface area contributed by atoms with Crippen LogP contribution in [0.1, 0.15) is 31.4 Å². The van der Waals surface area contributed by atoms with Gasteiger partial charge in [-0.2, -0.15) is 0 Å². The summed E-state index contributed by atoms with van der Waals surface area (Å²) in [6.07, 6.45) is 0. The summed E-state index contributed by atoms with van der Waals surface area (Å²) in [4.78, 5) is 43.6. The van der Waals surface area contributed by atoms with E-state index in [1.165, 1.54) is 10.5 Å². The molecule has 7 heteroatoms. The maximum atomic E-state index is 12.8. The van der Waals surface area contributed by atoms with Gasteiger partial charge in [0, 0.05) is 11.8 Å². The molecule has 1 aromatic carbocycles. The zero-order chi connectivity index (χ0) is 16.3. The third-order valence-electron chi connectivity index (χ3n) is 3.71. The molecule has 0 spiro atoms. The molecule has 1 aliphatic rings. The van der Waals surface area contributed by atoms with Gasteiger partial charge in [0.1, 0.15) is 10.6 Å². The molecule has 1 aliphatic heterocycles. The molecule has 6 nitrogen and oxygen atoms in total. The first-order valence-electron chi connectivity index (χ1n) is 6.96. The minimum Gasteiger partial charge on any atom is -0.269 e. The molecule has 0 aliphatic carbocycles. The number of thiazole rings is 1. The van der Waals surface area contributed by atoms with Crippen molar-refractivity contribution >= 4 is 33.8 Å². The summed E-state index contributed by atoms with van der Waals surface area (Å²) in [5, 5.41) is 0. The fourth-order valence-electron chi connectivity index (χ4n) is 2.73. The van der Waals surface area contributed by atoms with E-state index in [9.17, 15) is 14.4 Å². The monoisotopic (exact) mass is 325 g/mol. The van der Waals surface area contributed by atoms with Gasteiger partial charge in [-0.3, -0.25) is 14.4 Å². The van der Waals surface area contributed by atoms with Gasteiger partial charge in [0.25, 0.3) is 17.4 Å². The van der Waals surface area contributed by atoms with Crippen molar-refractivity contribution in [2.24, 2.45) is 0 Å². The van der Waals surface area contributed by atoms with Crippen molar-refractivity contribution in [1.29, 1.82) is 0 Å². The maximum absolute atomic E-state index is 12.8. The summed E-state index contributed by atoms with van der Waals surface area (Å²) in [7, 11) is 0. The van der Waals surface area contributed by atoms with Crippen molar-refractivity contribution in [1.82, 2.24) is 9.38 Å². The Bertz CT molecular complexity index is 1060. The van der Waals surface area contributed by atoms with Gasteiger partial charge >= 0.3 is 0 Å². The number of rotatable bonds is 1. The molecule has 0 atom stereocenters. The number of fused-ring (bicyclic) bond motifs is 3. The molecule has 0 fully saturated rings. The molecular formula is C16H11N3O3S. The zero-order valence-electron chi connectivity index (χ0n) is 12.4. The number of carbonyl (C=O) groups excluding carboxylic acids is 2. The summed E-state index contributed by atoms with van der Waals surface area (Å²) in [6.45, 7) is 3.59. The van der Waals surface area contributed by atoms with Crippen LogP contribution in [-0.4, -0.2) is 21.2 Å². The van der Waals surface area contributed by atoms with Crippen LogP contribution in [0, 0.1) is 13.8 Å². The minimum absolute atomic E-state index is 0.106. The first kappa shape index (κ1) is 13.8. The Labute approximate surface area is 134 Å². The van der Waals surface area contributed by atoms with E-state index in [-0.39, 0.29) is 16.1 Å². The number of imide groups is 1. The molecule has 2 amide bonds. The van der Waals surface area contributed by atoms with E-state index in [1.807, 2.05) is 13.0 Å². The second kappa shape index (κ2) is 4.60. The van der Waals surface area contributed by atoms with Gasteiger partial charge in [0.05, 0.1) is 5.69 Å². The second-order valence-electron chi connectivity index (χ2n) is 5.42. The van der Waals surface area contributed by atoms with E-state index in [0.29, 0.717) is 16.3 Å². The van der Waals surface area contributed by atoms with E-state index >= 15 is 0 Å². The highest BCUT2D eigenvalue weighted by atomic mass is 32.1. The SMILES string of the molecule is Cc1cccc(N2C(=O)c3sc4nc(C)cc(=O)n4c3C2=O)c1. The first-order chi connectivity index (χ1) is 11.0. The number of anilines is 1. The zero-order valence-corrected chi connectivity index (χ0v) is 13.2. The fourth-order valence-corrected chi connectivity index (χ4v) is 3.82. The molecule has 0 unspecified atom stereocenters. The highest BCUT2D eigenvalue weighted by Gasteiger charge is 2.41. The predicted octanol–water partition coefficient (Wildman–Crippen LogP) is 2.17. The first-order valence-corrected chi connectivity index (χ1v) is 7.77. The van der Waals surface area contributed by atoms with Crippen LogP contribution >= 0.6 is 11.3 Å². The predicted molar refractivity (Wildman–Crippen MR) is 86.4 cm³/mol. The third kappa shape index (κ3) is 1.86. The number of nitrogens with zero attached hydrogens (tertiary/aromatic N) is 3. The number of benzene rings is 1. The topological polar surface area (TPSA) is 71.8 Å². The Balaban J connectivity index is 1.96. The van der Waals surface area contributed by atoms with Crippen LogP contribution in [0.25, 0.3) is 4.96 Å². The average molecular weight is 325 g/mol. The summed E-state index contributed by atoms with van der Waals surface area (Å²) < 4.78 is 1.23. The van der Waals surface area contributed by atoms with E-state index in [2.05, 4.69) is 4.98 Å². The van der Waals surface area contributed by atoms with Crippen molar-refractivity contribution in [3.8, 4) is 0 Å². The van der Waals surface area contributed by atoms with Crippen molar-refractivity contribution in [2.75, 3.05) is 4.90 Å². The summed E-state index contributed by atoms with van der Waals surface area (Å²) in [5.74, 6) is -0.905. The van der Waals surface area contributed by atoms with Gasteiger partial charge in [0.15, 0.2) is 4.96 Å². The van der Waals surface area contributed by atoms with E-state index in [1.54, 1.807) is 25.1 Å². The summed E-state index contributed by atoms with van der Waals surface area (Å²) >= 11 is 1.07. The number of hydrogen-bond donors (Lipinski definition) is 0. The molecule has 3 heterocycles. The van der Waals surface area contributed by atoms with E-state index in [0.717, 1.165) is 21.8 Å². The molecule has 0 saturated heterocycles. The fraction of sp³-hybridized carbons (Fsp3) is 0.125. The second-order valence-corrected chi connectivity index (χ2v) is 6.40. The lowest BCUT2D eigenvalue weighted by molar-refractivity contribution is 0.0925. The van der Waals surface area contributed by atoms with Gasteiger partial charge in [-0.25, -0.2) is 14.3 Å². The standard InChI is InChI=1S/C16H11N3O3S/c1-8-4-3-5-10(6-8)18-14(21)12-13(15(18)22)23-16-17-9(2)7-11(20)19(12)16/h3-7H,1-2H3. The average Bonchev–Trinajstić information content (AvgIpc) is 2.96. The smallest absolute Gasteiger partial charge is 0.269 e. The highest BCUT2D eigenvalue weighted by Crippen LogP contribution is 2.33. The molecule has 23 heavy (non-hydrogen) atoms. The third-order valence-corrected chi connectivity index (χ3v) is 4.74. The molecule has 0 saturated carbocycles. The molecule has 4 rings (SSSR count). The van der Waals surface area contributed by atoms with Gasteiger partial charge in [-0.05, 0) is 31.5 Å². The number of hydrogen-bond acceptors (Lipinski definition) is 5. The Morgan fingerprint density at radius 3 is 2.57 bits per heavy atom. The summed E-state index contributed by atoms with van der Waals surface area (Å²) in [6, 6.07) is 8.49. The van der Waals surface area contributed by atoms with E-state index < -0.39 is 11.8 Å². The highest BCUT2D eigenvalue weighted by molar-refractivity contribution is 7.19. The molecule has 0 radical (unpaired) electrons. The van der Waals surface area contributed by atoms with Crippen LogP contribution in [0.3, 0.4) is 0 Å². The minimum atomic E-state index is -0.491. The normalized spacial score (nSPS) is 13.9. The van der Waals surface area contributed by atoms with Crippen molar-refractivity contribution in [2.45, 2.75) is 13.8 Å². The van der Waals surface area contributed by atoms with Crippen LogP contribution in [0.4, 0.5) is 5.69 Å². The van der Waals surface area contributed by atoms with Gasteiger partial charge in [0.2, 0.25) is 0 Å². The molecule has 0 N–H and O–H groups in total. The number of aryl methyl sites for hydroxylation is 2. The van der Waals surface area contributed by atoms with Gasteiger partial charge in [-0.1, -0.05) is 23.5 Å². The number of carbonyl (C=O) groups is 2. The number of aromatic nitrogens is 2. The Hall–Kier alpha value is -2.80.